The van der Waals surface area contributed by atoms with E-state index < -0.39 is 46.9 Å². The second-order valence-corrected chi connectivity index (χ2v) is 9.53. The summed E-state index contributed by atoms with van der Waals surface area (Å²) < 4.78 is 6.25. The van der Waals surface area contributed by atoms with Gasteiger partial charge in [0.1, 0.15) is 0 Å². The largest absolute Gasteiger partial charge is 0.349 e. The Hall–Kier alpha value is -3.61. The smallest absolute Gasteiger partial charge is 0.237 e. The number of hydrogen-bond acceptors (Lipinski definition) is 5. The van der Waals surface area contributed by atoms with Crippen molar-refractivity contribution < 1.29 is 23.9 Å². The molecular formula is C28H20ClNO5. The van der Waals surface area contributed by atoms with Gasteiger partial charge in [0.25, 0.3) is 0 Å². The fourth-order valence-corrected chi connectivity index (χ4v) is 5.76. The summed E-state index contributed by atoms with van der Waals surface area (Å²) in [4.78, 5) is 56.0. The SMILES string of the molecule is O=C1[C@@H]2[C@H](c3ccc(Cl)cc3)OC3(C(=O)c4ccccc4C3=O)[C@H]2C(=O)N1CCc1ccccc1. The first-order valence-electron chi connectivity index (χ1n) is 11.4. The van der Waals surface area contributed by atoms with Gasteiger partial charge in [0.2, 0.25) is 29.0 Å². The normalized spacial score (nSPS) is 24.4. The molecule has 1 spiro atoms. The molecule has 3 aromatic carbocycles. The number of imide groups is 1. The van der Waals surface area contributed by atoms with Gasteiger partial charge in [-0.25, -0.2) is 0 Å². The molecule has 2 aliphatic heterocycles. The van der Waals surface area contributed by atoms with E-state index in [2.05, 4.69) is 0 Å². The summed E-state index contributed by atoms with van der Waals surface area (Å²) in [7, 11) is 0. The van der Waals surface area contributed by atoms with E-state index in [1.165, 1.54) is 4.90 Å². The highest BCUT2D eigenvalue weighted by atomic mass is 35.5. The van der Waals surface area contributed by atoms with Crippen LogP contribution in [-0.2, 0) is 20.7 Å². The van der Waals surface area contributed by atoms with Gasteiger partial charge < -0.3 is 4.74 Å². The van der Waals surface area contributed by atoms with Crippen molar-refractivity contribution in [3.63, 3.8) is 0 Å². The van der Waals surface area contributed by atoms with Crippen LogP contribution in [0, 0.1) is 11.8 Å². The van der Waals surface area contributed by atoms with Gasteiger partial charge in [0, 0.05) is 22.7 Å². The predicted octanol–water partition coefficient (Wildman–Crippen LogP) is 4.07. The molecule has 3 aliphatic rings. The molecule has 0 saturated carbocycles. The first-order chi connectivity index (χ1) is 16.9. The number of Topliss-reactive ketones (excluding diaryl/α,β-unsaturated/α-hetero) is 2. The number of nitrogens with zero attached hydrogens (tertiary/aromatic N) is 1. The van der Waals surface area contributed by atoms with Crippen LogP contribution in [-0.4, -0.2) is 40.4 Å². The molecule has 2 amide bonds. The average Bonchev–Trinajstić information content (AvgIpc) is 3.44. The zero-order valence-electron chi connectivity index (χ0n) is 18.5. The van der Waals surface area contributed by atoms with Crippen molar-refractivity contribution in [2.45, 2.75) is 18.1 Å². The van der Waals surface area contributed by atoms with E-state index in [0.717, 1.165) is 5.56 Å². The number of rotatable bonds is 4. The van der Waals surface area contributed by atoms with Gasteiger partial charge in [0.05, 0.1) is 17.9 Å². The van der Waals surface area contributed by atoms with Crippen LogP contribution in [0.4, 0.5) is 0 Å². The standard InChI is InChI=1S/C28H20ClNO5/c29-18-12-10-17(11-13-18)23-21-22(27(34)30(26(21)33)15-14-16-6-2-1-3-7-16)28(35-23)24(31)19-8-4-5-9-20(19)25(28)32/h1-13,21-23H,14-15H2/t21-,22+,23-/m0/s1. The molecular weight excluding hydrogens is 466 g/mol. The number of benzene rings is 3. The number of carbonyl (C=O) groups excluding carboxylic acids is 4. The van der Waals surface area contributed by atoms with Gasteiger partial charge in [-0.05, 0) is 29.7 Å². The van der Waals surface area contributed by atoms with Gasteiger partial charge in [-0.1, -0.05) is 78.3 Å². The fraction of sp³-hybridized carbons (Fsp3) is 0.214. The summed E-state index contributed by atoms with van der Waals surface area (Å²) in [6.07, 6.45) is -0.461. The summed E-state index contributed by atoms with van der Waals surface area (Å²) in [6, 6.07) is 22.7. The highest BCUT2D eigenvalue weighted by Crippen LogP contribution is 2.57. The van der Waals surface area contributed by atoms with Crippen molar-refractivity contribution in [2.75, 3.05) is 6.54 Å². The monoisotopic (exact) mass is 485 g/mol. The lowest BCUT2D eigenvalue weighted by Crippen LogP contribution is -2.51. The first kappa shape index (κ1) is 21.9. The number of carbonyl (C=O) groups is 4. The molecule has 3 atom stereocenters. The zero-order chi connectivity index (χ0) is 24.3. The van der Waals surface area contributed by atoms with E-state index in [1.54, 1.807) is 48.5 Å². The maximum atomic E-state index is 13.8. The second kappa shape index (κ2) is 7.97. The molecule has 3 aromatic rings. The number of halogens is 1. The Bertz CT molecular complexity index is 1350. The van der Waals surface area contributed by atoms with Crippen LogP contribution in [0.5, 0.6) is 0 Å². The molecule has 2 heterocycles. The van der Waals surface area contributed by atoms with Crippen LogP contribution < -0.4 is 0 Å². The quantitative estimate of drug-likeness (QED) is 0.411. The summed E-state index contributed by atoms with van der Waals surface area (Å²) in [5.41, 5.74) is -0.0472. The van der Waals surface area contributed by atoms with E-state index in [1.807, 2.05) is 30.3 Å². The molecule has 2 saturated heterocycles. The van der Waals surface area contributed by atoms with Crippen molar-refractivity contribution in [1.29, 1.82) is 0 Å². The van der Waals surface area contributed by atoms with Gasteiger partial charge in [-0.2, -0.15) is 0 Å². The van der Waals surface area contributed by atoms with E-state index in [9.17, 15) is 19.2 Å². The van der Waals surface area contributed by atoms with Gasteiger partial charge in [-0.3, -0.25) is 24.1 Å². The van der Waals surface area contributed by atoms with Gasteiger partial charge in [0.15, 0.2) is 0 Å². The van der Waals surface area contributed by atoms with Crippen LogP contribution in [0.2, 0.25) is 5.02 Å². The lowest BCUT2D eigenvalue weighted by molar-refractivity contribution is -0.144. The molecule has 35 heavy (non-hydrogen) atoms. The third kappa shape index (κ3) is 3.07. The Morgan fingerprint density at radius 3 is 2.00 bits per heavy atom. The van der Waals surface area contributed by atoms with Crippen LogP contribution in [0.3, 0.4) is 0 Å². The molecule has 0 bridgehead atoms. The molecule has 0 aromatic heterocycles. The number of hydrogen-bond donors (Lipinski definition) is 0. The lowest BCUT2D eigenvalue weighted by Gasteiger charge is -2.27. The summed E-state index contributed by atoms with van der Waals surface area (Å²) >= 11 is 6.05. The minimum absolute atomic E-state index is 0.160. The maximum absolute atomic E-state index is 13.8. The second-order valence-electron chi connectivity index (χ2n) is 9.10. The Kier molecular flexibility index (Phi) is 4.99. The van der Waals surface area contributed by atoms with Crippen molar-refractivity contribution in [3.8, 4) is 0 Å². The molecule has 6 rings (SSSR count). The Morgan fingerprint density at radius 1 is 0.771 bits per heavy atom. The van der Waals surface area contributed by atoms with E-state index in [-0.39, 0.29) is 17.7 Å². The number of ether oxygens (including phenoxy) is 1. The number of ketones is 2. The fourth-order valence-electron chi connectivity index (χ4n) is 5.64. The molecule has 174 valence electrons. The molecule has 2 fully saturated rings. The van der Waals surface area contributed by atoms with Crippen LogP contribution in [0.25, 0.3) is 0 Å². The topological polar surface area (TPSA) is 80.8 Å². The molecule has 0 N–H and O–H groups in total. The Labute approximate surface area is 206 Å². The highest BCUT2D eigenvalue weighted by molar-refractivity contribution is 6.35. The van der Waals surface area contributed by atoms with Crippen LogP contribution in [0.1, 0.15) is 37.9 Å². The molecule has 0 radical (unpaired) electrons. The van der Waals surface area contributed by atoms with E-state index >= 15 is 0 Å². The molecule has 7 heteroatoms. The first-order valence-corrected chi connectivity index (χ1v) is 11.8. The van der Waals surface area contributed by atoms with Crippen LogP contribution in [0.15, 0.2) is 78.9 Å². The lowest BCUT2D eigenvalue weighted by atomic mass is 9.77. The third-order valence-electron chi connectivity index (χ3n) is 7.28. The van der Waals surface area contributed by atoms with Crippen molar-refractivity contribution in [1.82, 2.24) is 4.90 Å². The Balaban J connectivity index is 1.44. The minimum Gasteiger partial charge on any atom is -0.349 e. The zero-order valence-corrected chi connectivity index (χ0v) is 19.3. The number of amides is 2. The Morgan fingerprint density at radius 2 is 1.37 bits per heavy atom. The molecule has 6 nitrogen and oxygen atoms in total. The molecule has 0 unspecified atom stereocenters. The third-order valence-corrected chi connectivity index (χ3v) is 7.53. The highest BCUT2D eigenvalue weighted by Gasteiger charge is 2.74. The van der Waals surface area contributed by atoms with Crippen molar-refractivity contribution in [3.05, 3.63) is 106 Å². The molecule has 1 aliphatic carbocycles. The maximum Gasteiger partial charge on any atom is 0.237 e. The summed E-state index contributed by atoms with van der Waals surface area (Å²) in [5, 5.41) is 0.497. The predicted molar refractivity (Wildman–Crippen MR) is 127 cm³/mol. The average molecular weight is 486 g/mol. The summed E-state index contributed by atoms with van der Waals surface area (Å²) in [5.74, 6) is -4.29. The van der Waals surface area contributed by atoms with Gasteiger partial charge in [-0.15, -0.1) is 0 Å². The van der Waals surface area contributed by atoms with E-state index in [4.69, 9.17) is 16.3 Å². The van der Waals surface area contributed by atoms with Crippen molar-refractivity contribution in [2.24, 2.45) is 11.8 Å². The van der Waals surface area contributed by atoms with E-state index in [0.29, 0.717) is 17.0 Å². The summed E-state index contributed by atoms with van der Waals surface area (Å²) in [6.45, 7) is 0.160. The van der Waals surface area contributed by atoms with Gasteiger partial charge >= 0.3 is 0 Å². The van der Waals surface area contributed by atoms with Crippen LogP contribution >= 0.6 is 11.6 Å². The number of fused-ring (bicyclic) bond motifs is 3. The minimum atomic E-state index is -2.05. The van der Waals surface area contributed by atoms with Crippen molar-refractivity contribution >= 4 is 35.0 Å². The number of likely N-dealkylation sites (tertiary alicyclic amines) is 1.